The first-order valence-electron chi connectivity index (χ1n) is 12.3. The lowest BCUT2D eigenvalue weighted by Crippen LogP contribution is -2.52. The van der Waals surface area contributed by atoms with Crippen molar-refractivity contribution in [1.82, 2.24) is 5.32 Å². The second-order valence-corrected chi connectivity index (χ2v) is 10.3. The van der Waals surface area contributed by atoms with Crippen LogP contribution < -0.4 is 10.1 Å². The number of fused-ring (bicyclic) bond motifs is 1. The van der Waals surface area contributed by atoms with Crippen molar-refractivity contribution < 1.29 is 32.6 Å². The molecule has 196 valence electrons. The van der Waals surface area contributed by atoms with Gasteiger partial charge in [-0.15, -0.1) is 0 Å². The molecule has 1 saturated carbocycles. The zero-order valence-electron chi connectivity index (χ0n) is 20.8. The van der Waals surface area contributed by atoms with E-state index in [0.717, 1.165) is 5.56 Å². The average molecular weight is 514 g/mol. The molecule has 0 bridgehead atoms. The van der Waals surface area contributed by atoms with Gasteiger partial charge >= 0.3 is 5.97 Å². The lowest BCUT2D eigenvalue weighted by atomic mass is 9.77. The van der Waals surface area contributed by atoms with E-state index in [1.807, 2.05) is 6.07 Å². The molecular weight excluding hydrogens is 483 g/mol. The van der Waals surface area contributed by atoms with Gasteiger partial charge in [0, 0.05) is 23.6 Å². The summed E-state index contributed by atoms with van der Waals surface area (Å²) >= 11 is 0. The number of rotatable bonds is 8. The van der Waals surface area contributed by atoms with Crippen molar-refractivity contribution in [1.29, 1.82) is 0 Å². The van der Waals surface area contributed by atoms with Gasteiger partial charge in [0.15, 0.2) is 0 Å². The van der Waals surface area contributed by atoms with Crippen molar-refractivity contribution in [2.24, 2.45) is 5.92 Å². The van der Waals surface area contributed by atoms with Gasteiger partial charge in [-0.2, -0.15) is 0 Å². The van der Waals surface area contributed by atoms with E-state index < -0.39 is 35.1 Å². The summed E-state index contributed by atoms with van der Waals surface area (Å²) in [7, 11) is 0. The van der Waals surface area contributed by atoms with Crippen LogP contribution in [0, 0.1) is 11.7 Å². The van der Waals surface area contributed by atoms with Crippen molar-refractivity contribution in [3.05, 3.63) is 77.6 Å². The molecule has 4 rings (SSSR count). The average Bonchev–Trinajstić information content (AvgIpc) is 2.86. The number of benzene rings is 3. The first-order valence-corrected chi connectivity index (χ1v) is 12.3. The highest BCUT2D eigenvalue weighted by atomic mass is 19.3. The van der Waals surface area contributed by atoms with E-state index in [0.29, 0.717) is 23.6 Å². The highest BCUT2D eigenvalue weighted by Gasteiger charge is 2.39. The van der Waals surface area contributed by atoms with Gasteiger partial charge in [-0.3, -0.25) is 4.79 Å². The Morgan fingerprint density at radius 1 is 1.08 bits per heavy atom. The van der Waals surface area contributed by atoms with Crippen LogP contribution in [0.25, 0.3) is 10.8 Å². The lowest BCUT2D eigenvalue weighted by molar-refractivity contribution is -0.140. The normalized spacial score (nSPS) is 16.8. The van der Waals surface area contributed by atoms with E-state index >= 15 is 0 Å². The molecule has 1 aliphatic rings. The minimum absolute atomic E-state index is 0.0929. The topological polar surface area (TPSA) is 75.6 Å². The van der Waals surface area contributed by atoms with Gasteiger partial charge in [0.1, 0.15) is 17.6 Å². The van der Waals surface area contributed by atoms with E-state index in [2.05, 4.69) is 5.32 Å². The molecule has 0 saturated heterocycles. The summed E-state index contributed by atoms with van der Waals surface area (Å²) in [5.74, 6) is -4.93. The standard InChI is InChI=1S/C29H30F3NO4/c1-28(2,20-6-4-3-5-7-20)25(27(35)36)33-26(34)23-10-8-19-16-21(30)9-11-22(19)24(23)37-17-18-12-14-29(31,32)15-13-18/h3-11,16,18,25H,12-15,17H2,1-2H3,(H,33,34)(H,35,36). The van der Waals surface area contributed by atoms with Crippen LogP contribution in [0.3, 0.4) is 0 Å². The van der Waals surface area contributed by atoms with E-state index in [1.54, 1.807) is 44.2 Å². The Bertz CT molecular complexity index is 1280. The van der Waals surface area contributed by atoms with Gasteiger partial charge in [0.25, 0.3) is 5.91 Å². The number of nitrogens with one attached hydrogen (secondary N) is 1. The smallest absolute Gasteiger partial charge is 0.327 e. The Morgan fingerprint density at radius 2 is 1.76 bits per heavy atom. The number of amides is 1. The Hall–Kier alpha value is -3.55. The summed E-state index contributed by atoms with van der Waals surface area (Å²) in [6.45, 7) is 3.59. The Morgan fingerprint density at radius 3 is 2.41 bits per heavy atom. The summed E-state index contributed by atoms with van der Waals surface area (Å²) < 4.78 is 47.1. The zero-order chi connectivity index (χ0) is 26.8. The van der Waals surface area contributed by atoms with Gasteiger partial charge in [-0.05, 0) is 54.0 Å². The van der Waals surface area contributed by atoms with E-state index in [4.69, 9.17) is 4.74 Å². The molecule has 0 aliphatic heterocycles. The molecule has 1 atom stereocenters. The molecule has 1 amide bonds. The quantitative estimate of drug-likeness (QED) is 0.368. The number of carbonyl (C=O) groups excluding carboxylic acids is 1. The monoisotopic (exact) mass is 513 g/mol. The molecule has 1 unspecified atom stereocenters. The van der Waals surface area contributed by atoms with Gasteiger partial charge in [-0.25, -0.2) is 18.0 Å². The van der Waals surface area contributed by atoms with Gasteiger partial charge < -0.3 is 15.2 Å². The van der Waals surface area contributed by atoms with Crippen LogP contribution in [0.15, 0.2) is 60.7 Å². The fraction of sp³-hybridized carbons (Fsp3) is 0.379. The SMILES string of the molecule is CC(C)(c1ccccc1)C(NC(=O)c1ccc2cc(F)ccc2c1OCC1CCC(F)(F)CC1)C(=O)O. The summed E-state index contributed by atoms with van der Waals surface area (Å²) in [6.07, 6.45) is 0.147. The number of alkyl halides is 2. The van der Waals surface area contributed by atoms with Gasteiger partial charge in [0.05, 0.1) is 12.2 Å². The van der Waals surface area contributed by atoms with E-state index in [1.165, 1.54) is 24.3 Å². The van der Waals surface area contributed by atoms with E-state index in [-0.39, 0.29) is 36.7 Å². The van der Waals surface area contributed by atoms with Crippen LogP contribution in [0.1, 0.15) is 55.5 Å². The summed E-state index contributed by atoms with van der Waals surface area (Å²) in [5.41, 5.74) is -0.116. The molecule has 1 fully saturated rings. The molecule has 0 radical (unpaired) electrons. The second kappa shape index (κ2) is 10.4. The zero-order valence-corrected chi connectivity index (χ0v) is 20.8. The molecular formula is C29H30F3NO4. The van der Waals surface area contributed by atoms with E-state index in [9.17, 15) is 27.9 Å². The molecule has 0 spiro atoms. The number of aliphatic carboxylic acids is 1. The molecule has 3 aromatic carbocycles. The van der Waals surface area contributed by atoms with Crippen LogP contribution in [-0.4, -0.2) is 35.6 Å². The van der Waals surface area contributed by atoms with Crippen molar-refractivity contribution >= 4 is 22.6 Å². The number of hydrogen-bond acceptors (Lipinski definition) is 3. The number of carbonyl (C=O) groups is 2. The predicted molar refractivity (Wildman–Crippen MR) is 135 cm³/mol. The number of carboxylic acids is 1. The van der Waals surface area contributed by atoms with Gasteiger partial charge in [-0.1, -0.05) is 50.2 Å². The first-order chi connectivity index (χ1) is 17.5. The minimum atomic E-state index is -2.67. The summed E-state index contributed by atoms with van der Waals surface area (Å²) in [6, 6.07) is 14.8. The third-order valence-corrected chi connectivity index (χ3v) is 7.24. The Labute approximate surface area is 213 Å². The molecule has 3 aromatic rings. The molecule has 0 aromatic heterocycles. The first kappa shape index (κ1) is 26.5. The molecule has 0 heterocycles. The third-order valence-electron chi connectivity index (χ3n) is 7.24. The fourth-order valence-electron chi connectivity index (χ4n) is 4.87. The maximum absolute atomic E-state index is 13.9. The van der Waals surface area contributed by atoms with Crippen LogP contribution in [0.5, 0.6) is 5.75 Å². The Kier molecular flexibility index (Phi) is 7.48. The molecule has 5 nitrogen and oxygen atoms in total. The van der Waals surface area contributed by atoms with Crippen molar-refractivity contribution in [2.75, 3.05) is 6.61 Å². The third kappa shape index (κ3) is 5.89. The molecule has 37 heavy (non-hydrogen) atoms. The number of ether oxygens (including phenoxy) is 1. The lowest BCUT2D eigenvalue weighted by Gasteiger charge is -2.33. The Balaban J connectivity index is 1.64. The highest BCUT2D eigenvalue weighted by Crippen LogP contribution is 2.38. The number of carboxylic acid groups (broad SMARTS) is 1. The minimum Gasteiger partial charge on any atom is -0.492 e. The van der Waals surface area contributed by atoms with Crippen molar-refractivity contribution in [3.63, 3.8) is 0 Å². The molecule has 8 heteroatoms. The van der Waals surface area contributed by atoms with Crippen LogP contribution in [0.2, 0.25) is 0 Å². The number of halogens is 3. The van der Waals surface area contributed by atoms with Crippen LogP contribution in [0.4, 0.5) is 13.2 Å². The largest absolute Gasteiger partial charge is 0.492 e. The van der Waals surface area contributed by atoms with Crippen molar-refractivity contribution in [3.8, 4) is 5.75 Å². The summed E-state index contributed by atoms with van der Waals surface area (Å²) in [5, 5.41) is 13.6. The summed E-state index contributed by atoms with van der Waals surface area (Å²) in [4.78, 5) is 25.7. The molecule has 1 aliphatic carbocycles. The van der Waals surface area contributed by atoms with Crippen LogP contribution in [-0.2, 0) is 10.2 Å². The van der Waals surface area contributed by atoms with Crippen molar-refractivity contribution in [2.45, 2.75) is 56.9 Å². The van der Waals surface area contributed by atoms with Gasteiger partial charge in [0.2, 0.25) is 5.92 Å². The highest BCUT2D eigenvalue weighted by molar-refractivity contribution is 6.05. The number of hydrogen-bond donors (Lipinski definition) is 2. The molecule has 2 N–H and O–H groups in total. The fourth-order valence-corrected chi connectivity index (χ4v) is 4.87. The second-order valence-electron chi connectivity index (χ2n) is 10.3. The predicted octanol–water partition coefficient (Wildman–Crippen LogP) is 6.34. The maximum Gasteiger partial charge on any atom is 0.327 e. The van der Waals surface area contributed by atoms with Crippen LogP contribution >= 0.6 is 0 Å². The maximum atomic E-state index is 13.9.